The van der Waals surface area contributed by atoms with Gasteiger partial charge in [0.15, 0.2) is 0 Å². The number of alkyl halides is 2. The van der Waals surface area contributed by atoms with Crippen molar-refractivity contribution in [1.82, 2.24) is 19.4 Å². The molecule has 1 saturated carbocycles. The Balaban J connectivity index is 1.41. The van der Waals surface area contributed by atoms with Gasteiger partial charge in [-0.1, -0.05) is 0 Å². The van der Waals surface area contributed by atoms with Gasteiger partial charge in [-0.25, -0.2) is 17.2 Å². The molecule has 0 aromatic rings. The fourth-order valence-electron chi connectivity index (χ4n) is 6.60. The number of aliphatic hydroxyl groups excluding tert-OH is 2. The molecular weight excluding hydrogens is 542 g/mol. The summed E-state index contributed by atoms with van der Waals surface area (Å²) in [6, 6.07) is -1.25. The molecule has 4 saturated heterocycles. The molecule has 12 nitrogen and oxygen atoms in total. The molecule has 5 fully saturated rings. The zero-order chi connectivity index (χ0) is 28.1. The van der Waals surface area contributed by atoms with Gasteiger partial charge in [0.25, 0.3) is 0 Å². The second-order valence-corrected chi connectivity index (χ2v) is 13.5. The lowest BCUT2D eigenvalue weighted by molar-refractivity contribution is -0.145. The van der Waals surface area contributed by atoms with Gasteiger partial charge in [0.1, 0.15) is 18.3 Å². The first-order valence-corrected chi connectivity index (χ1v) is 15.5. The van der Waals surface area contributed by atoms with Gasteiger partial charge < -0.3 is 29.9 Å². The number of ether oxygens (including phenoxy) is 2. The molecule has 0 spiro atoms. The number of rotatable bonds is 2. The SMILES string of the molecule is CS(=O)(=O)N1C[C@@H]2CN(CCO2)C(=O)[C@@H]2C[C@@H](CN2C2CCC(F)(F)CC2)NC(=O)C[C@@H]2O[C@H](C1)[C@@H](O)[C@H]2O. The second kappa shape index (κ2) is 11.1. The molecule has 7 atom stereocenters. The maximum absolute atomic E-state index is 13.9. The molecule has 0 unspecified atom stereocenters. The molecule has 222 valence electrons. The zero-order valence-corrected chi connectivity index (χ0v) is 22.8. The fourth-order valence-corrected chi connectivity index (χ4v) is 7.45. The van der Waals surface area contributed by atoms with Crippen molar-refractivity contribution in [2.75, 3.05) is 45.6 Å². The van der Waals surface area contributed by atoms with E-state index in [1.54, 1.807) is 4.90 Å². The summed E-state index contributed by atoms with van der Waals surface area (Å²) in [4.78, 5) is 30.3. The summed E-state index contributed by atoms with van der Waals surface area (Å²) in [6.07, 6.45) is -4.50. The van der Waals surface area contributed by atoms with Crippen LogP contribution in [0.4, 0.5) is 8.78 Å². The van der Waals surface area contributed by atoms with E-state index < -0.39 is 64.5 Å². The van der Waals surface area contributed by atoms with Crippen LogP contribution in [0.1, 0.15) is 38.5 Å². The number of nitrogens with zero attached hydrogens (tertiary/aromatic N) is 3. The predicted molar refractivity (Wildman–Crippen MR) is 132 cm³/mol. The Kier molecular flexibility index (Phi) is 8.23. The summed E-state index contributed by atoms with van der Waals surface area (Å²) in [5.74, 6) is -3.36. The lowest BCUT2D eigenvalue weighted by Crippen LogP contribution is -2.56. The van der Waals surface area contributed by atoms with Crippen molar-refractivity contribution in [1.29, 1.82) is 0 Å². The standard InChI is InChI=1S/C24H38F2N4O8S/c1-39(35,36)29-12-16-11-28(6-7-37-16)23(34)17-8-14(10-30(17)15-2-4-24(25,26)5-3-15)27-20(31)9-18-21(32)22(33)19(13-29)38-18/h14-19,21-22,32-33H,2-13H2,1H3,(H,27,31)/t14-,16-,17-,18-,19+,21-,22+/m0/s1. The molecule has 15 heteroatoms. The minimum atomic E-state index is -3.78. The fraction of sp³-hybridized carbons (Fsp3) is 0.917. The van der Waals surface area contributed by atoms with Crippen LogP contribution in [0.3, 0.4) is 0 Å². The van der Waals surface area contributed by atoms with Crippen LogP contribution in [0.15, 0.2) is 0 Å². The highest BCUT2D eigenvalue weighted by Gasteiger charge is 2.48. The normalized spacial score (nSPS) is 39.6. The third-order valence-electron chi connectivity index (χ3n) is 8.70. The van der Waals surface area contributed by atoms with Crippen molar-refractivity contribution < 1.29 is 46.5 Å². The Morgan fingerprint density at radius 3 is 2.41 bits per heavy atom. The molecule has 0 aromatic heterocycles. The first-order chi connectivity index (χ1) is 18.3. The van der Waals surface area contributed by atoms with Gasteiger partial charge in [0, 0.05) is 57.6 Å². The Morgan fingerprint density at radius 1 is 1.03 bits per heavy atom. The van der Waals surface area contributed by atoms with Gasteiger partial charge >= 0.3 is 0 Å². The van der Waals surface area contributed by atoms with Gasteiger partial charge in [-0.15, -0.1) is 0 Å². The number of aliphatic hydroxyl groups is 2. The van der Waals surface area contributed by atoms with Gasteiger partial charge in [0.05, 0.1) is 37.5 Å². The summed E-state index contributed by atoms with van der Waals surface area (Å²) in [5.41, 5.74) is 0. The number of hydrogen-bond donors (Lipinski definition) is 3. The maximum Gasteiger partial charge on any atom is 0.248 e. The highest BCUT2D eigenvalue weighted by Crippen LogP contribution is 2.38. The molecular formula is C24H38F2N4O8S. The average Bonchev–Trinajstić information content (AvgIpc) is 3.38. The average molecular weight is 581 g/mol. The zero-order valence-electron chi connectivity index (χ0n) is 22.0. The minimum Gasteiger partial charge on any atom is -0.388 e. The van der Waals surface area contributed by atoms with Crippen LogP contribution in [-0.2, 0) is 29.1 Å². The number of hydrogen-bond acceptors (Lipinski definition) is 9. The number of carbonyl (C=O) groups excluding carboxylic acids is 2. The van der Waals surface area contributed by atoms with Gasteiger partial charge in [-0.2, -0.15) is 4.31 Å². The lowest BCUT2D eigenvalue weighted by Gasteiger charge is -2.40. The predicted octanol–water partition coefficient (Wildman–Crippen LogP) is -1.49. The topological polar surface area (TPSA) is 149 Å². The van der Waals surface area contributed by atoms with Crippen molar-refractivity contribution in [3.05, 3.63) is 0 Å². The largest absolute Gasteiger partial charge is 0.388 e. The molecule has 3 N–H and O–H groups in total. The number of halogens is 2. The van der Waals surface area contributed by atoms with Crippen molar-refractivity contribution in [2.45, 2.75) is 93.1 Å². The molecule has 5 rings (SSSR count). The first kappa shape index (κ1) is 29.0. The molecule has 5 aliphatic rings. The van der Waals surface area contributed by atoms with E-state index in [4.69, 9.17) is 9.47 Å². The van der Waals surface area contributed by atoms with E-state index in [0.29, 0.717) is 19.5 Å². The smallest absolute Gasteiger partial charge is 0.248 e. The second-order valence-electron chi connectivity index (χ2n) is 11.6. The summed E-state index contributed by atoms with van der Waals surface area (Å²) < 4.78 is 65.6. The van der Waals surface area contributed by atoms with Gasteiger partial charge in [0.2, 0.25) is 27.8 Å². The number of carbonyl (C=O) groups is 2. The van der Waals surface area contributed by atoms with Crippen LogP contribution >= 0.6 is 0 Å². The lowest BCUT2D eigenvalue weighted by atomic mass is 9.90. The molecule has 0 radical (unpaired) electrons. The molecule has 0 aromatic carbocycles. The first-order valence-electron chi connectivity index (χ1n) is 13.6. The number of sulfonamides is 1. The van der Waals surface area contributed by atoms with E-state index in [1.807, 2.05) is 4.90 Å². The van der Waals surface area contributed by atoms with E-state index in [1.165, 1.54) is 0 Å². The van der Waals surface area contributed by atoms with Gasteiger partial charge in [-0.3, -0.25) is 14.5 Å². The van der Waals surface area contributed by atoms with E-state index in [9.17, 15) is 37.0 Å². The third-order valence-corrected chi connectivity index (χ3v) is 9.94. The van der Waals surface area contributed by atoms with Crippen LogP contribution in [0.2, 0.25) is 0 Å². The van der Waals surface area contributed by atoms with E-state index in [-0.39, 0.29) is 70.3 Å². The summed E-state index contributed by atoms with van der Waals surface area (Å²) in [5, 5.41) is 24.0. The molecule has 2 amide bonds. The Labute approximate surface area is 226 Å². The van der Waals surface area contributed by atoms with E-state index in [2.05, 4.69) is 5.32 Å². The Bertz CT molecular complexity index is 1040. The number of fused-ring (bicyclic) bond motifs is 6. The molecule has 1 aliphatic carbocycles. The van der Waals surface area contributed by atoms with Crippen LogP contribution in [0, 0.1) is 0 Å². The van der Waals surface area contributed by atoms with Crippen molar-refractivity contribution >= 4 is 21.8 Å². The number of amides is 2. The quantitative estimate of drug-likeness (QED) is 0.355. The van der Waals surface area contributed by atoms with Crippen molar-refractivity contribution in [3.63, 3.8) is 0 Å². The van der Waals surface area contributed by atoms with Crippen LogP contribution in [0.5, 0.6) is 0 Å². The van der Waals surface area contributed by atoms with Crippen molar-refractivity contribution in [2.24, 2.45) is 0 Å². The summed E-state index contributed by atoms with van der Waals surface area (Å²) in [6.45, 7) is 0.609. The van der Waals surface area contributed by atoms with Crippen LogP contribution < -0.4 is 5.32 Å². The molecule has 39 heavy (non-hydrogen) atoms. The highest BCUT2D eigenvalue weighted by molar-refractivity contribution is 7.88. The summed E-state index contributed by atoms with van der Waals surface area (Å²) in [7, 11) is -3.78. The number of nitrogens with one attached hydrogen (secondary N) is 1. The van der Waals surface area contributed by atoms with E-state index in [0.717, 1.165) is 10.6 Å². The van der Waals surface area contributed by atoms with Crippen molar-refractivity contribution in [3.8, 4) is 0 Å². The summed E-state index contributed by atoms with van der Waals surface area (Å²) >= 11 is 0. The Hall–Kier alpha value is -1.49. The molecule has 4 heterocycles. The van der Waals surface area contributed by atoms with E-state index >= 15 is 0 Å². The third kappa shape index (κ3) is 6.39. The highest BCUT2D eigenvalue weighted by atomic mass is 32.2. The minimum absolute atomic E-state index is 0.0921. The number of likely N-dealkylation sites (tertiary alicyclic amines) is 1. The Morgan fingerprint density at radius 2 is 1.72 bits per heavy atom. The maximum atomic E-state index is 13.9. The van der Waals surface area contributed by atoms with Crippen LogP contribution in [0.25, 0.3) is 0 Å². The molecule has 6 bridgehead atoms. The van der Waals surface area contributed by atoms with Crippen LogP contribution in [-0.4, -0.2) is 145 Å². The number of morpholine rings is 1. The monoisotopic (exact) mass is 580 g/mol. The molecule has 4 aliphatic heterocycles. The van der Waals surface area contributed by atoms with Gasteiger partial charge in [-0.05, 0) is 19.3 Å².